The molecule has 18 heteroatoms. The Hall–Kier alpha value is -3.15. The third-order valence-corrected chi connectivity index (χ3v) is 14.1. The maximum absolute atomic E-state index is 13.4. The van der Waals surface area contributed by atoms with Crippen LogP contribution in [0, 0.1) is 0 Å². The molecule has 0 aliphatic carbocycles. The van der Waals surface area contributed by atoms with Gasteiger partial charge in [0.05, 0.1) is 15.7 Å². The Morgan fingerprint density at radius 2 is 1.31 bits per heavy atom. The van der Waals surface area contributed by atoms with Crippen molar-refractivity contribution in [1.29, 1.82) is 0 Å². The standard InChI is InChI=1S/C18H22ClN3O4S.C13H16ClN3O4S/c1-18(2,3)17-20-13-6-5-12(19)16(15(13)26-17)27(24,25)21-8-9-22-11(10-21)4-7-14(22)23;14-9-2-3-10(15)12(19)13(9)22(20,21)16-5-6-17-8(7-16)1-4-11(17)18/h5-6,11H,4,7-10H2,1-3H3;2-3,8,19H,1,4-7,15H2. The molecule has 3 aromatic rings. The number of fused-ring (bicyclic) bond motifs is 3. The number of hydrogen-bond acceptors (Lipinski definition) is 10. The molecule has 4 fully saturated rings. The molecule has 0 bridgehead atoms. The highest BCUT2D eigenvalue weighted by molar-refractivity contribution is 7.89. The number of oxazole rings is 1. The number of carbonyl (C=O) groups is 2. The number of phenols is 1. The number of nitrogens with two attached hydrogens (primary N) is 1. The van der Waals surface area contributed by atoms with Gasteiger partial charge < -0.3 is 25.1 Å². The monoisotopic (exact) mass is 756 g/mol. The summed E-state index contributed by atoms with van der Waals surface area (Å²) in [5, 5.41) is 10.0. The predicted octanol–water partition coefficient (Wildman–Crippen LogP) is 3.40. The molecule has 4 aliphatic heterocycles. The molecule has 2 unspecified atom stereocenters. The molecule has 14 nitrogen and oxygen atoms in total. The highest BCUT2D eigenvalue weighted by Gasteiger charge is 2.43. The van der Waals surface area contributed by atoms with Crippen LogP contribution >= 0.6 is 23.2 Å². The number of anilines is 1. The van der Waals surface area contributed by atoms with Crippen LogP contribution in [0.25, 0.3) is 11.1 Å². The van der Waals surface area contributed by atoms with Gasteiger partial charge in [-0.05, 0) is 37.1 Å². The van der Waals surface area contributed by atoms with E-state index < -0.39 is 25.8 Å². The van der Waals surface area contributed by atoms with Gasteiger partial charge in [-0.3, -0.25) is 9.59 Å². The summed E-state index contributed by atoms with van der Waals surface area (Å²) in [6.45, 7) is 7.51. The summed E-state index contributed by atoms with van der Waals surface area (Å²) in [7, 11) is -7.85. The van der Waals surface area contributed by atoms with Crippen LogP contribution in [0.5, 0.6) is 5.75 Å². The Morgan fingerprint density at radius 1 is 0.816 bits per heavy atom. The number of phenolic OH excluding ortho intramolecular Hbond substituents is 1. The van der Waals surface area contributed by atoms with Crippen LogP contribution in [-0.2, 0) is 35.1 Å². The molecule has 5 heterocycles. The lowest BCUT2D eigenvalue weighted by Gasteiger charge is -2.36. The molecule has 0 saturated carbocycles. The topological polar surface area (TPSA) is 188 Å². The number of benzene rings is 2. The van der Waals surface area contributed by atoms with E-state index in [2.05, 4.69) is 4.98 Å². The van der Waals surface area contributed by atoms with Crippen LogP contribution in [-0.4, -0.2) is 109 Å². The molecule has 49 heavy (non-hydrogen) atoms. The smallest absolute Gasteiger partial charge is 0.248 e. The Bertz CT molecular complexity index is 2050. The Balaban J connectivity index is 0.000000174. The fourth-order valence-corrected chi connectivity index (χ4v) is 10.8. The van der Waals surface area contributed by atoms with Crippen molar-refractivity contribution in [2.45, 2.75) is 73.7 Å². The number of hydrogen-bond donors (Lipinski definition) is 2. The minimum Gasteiger partial charge on any atom is -0.504 e. The van der Waals surface area contributed by atoms with Gasteiger partial charge in [-0.25, -0.2) is 21.8 Å². The summed E-state index contributed by atoms with van der Waals surface area (Å²) >= 11 is 12.3. The SMILES string of the molecule is CC(C)(C)c1nc2ccc(Cl)c(S(=O)(=O)N3CCN4C(=O)CCC4C3)c2o1.Nc1ccc(Cl)c(S(=O)(=O)N2CCN3C(=O)CCC3C2)c1O. The average Bonchev–Trinajstić information content (AvgIpc) is 3.75. The molecule has 7 rings (SSSR count). The molecule has 3 N–H and O–H groups in total. The number of sulfonamides is 2. The van der Waals surface area contributed by atoms with E-state index in [0.717, 1.165) is 0 Å². The summed E-state index contributed by atoms with van der Waals surface area (Å²) in [5.74, 6) is 0.0916. The molecule has 2 amide bonds. The number of rotatable bonds is 4. The van der Waals surface area contributed by atoms with Gasteiger partial charge in [0, 0.05) is 69.6 Å². The molecule has 266 valence electrons. The second kappa shape index (κ2) is 12.9. The Kier molecular flexibility index (Phi) is 9.37. The number of piperazine rings is 2. The molecular weight excluding hydrogens is 719 g/mol. The Labute approximate surface area is 294 Å². The van der Waals surface area contributed by atoms with Crippen LogP contribution < -0.4 is 5.73 Å². The molecule has 4 aliphatic rings. The molecule has 1 aromatic heterocycles. The van der Waals surface area contributed by atoms with Crippen LogP contribution in [0.2, 0.25) is 10.0 Å². The van der Waals surface area contributed by atoms with Crippen molar-refractivity contribution in [2.75, 3.05) is 45.0 Å². The van der Waals surface area contributed by atoms with Gasteiger partial charge in [0.1, 0.15) is 15.3 Å². The van der Waals surface area contributed by atoms with Crippen molar-refractivity contribution in [3.63, 3.8) is 0 Å². The van der Waals surface area contributed by atoms with E-state index in [9.17, 15) is 31.5 Å². The first-order chi connectivity index (χ1) is 22.9. The summed E-state index contributed by atoms with van der Waals surface area (Å²) in [5.41, 5.74) is 5.83. The fourth-order valence-electron chi connectivity index (χ4n) is 6.68. The second-order valence-electron chi connectivity index (χ2n) is 13.6. The number of aromatic nitrogens is 1. The van der Waals surface area contributed by atoms with Crippen molar-refractivity contribution in [3.8, 4) is 5.75 Å². The summed E-state index contributed by atoms with van der Waals surface area (Å²) < 4.78 is 60.9. The van der Waals surface area contributed by atoms with Crippen molar-refractivity contribution in [1.82, 2.24) is 23.4 Å². The predicted molar refractivity (Wildman–Crippen MR) is 182 cm³/mol. The van der Waals surface area contributed by atoms with E-state index >= 15 is 0 Å². The first kappa shape index (κ1) is 35.7. The van der Waals surface area contributed by atoms with Gasteiger partial charge >= 0.3 is 0 Å². The largest absolute Gasteiger partial charge is 0.504 e. The minimum absolute atomic E-state index is 0.0394. The third kappa shape index (κ3) is 6.47. The van der Waals surface area contributed by atoms with Gasteiger partial charge in [0.25, 0.3) is 0 Å². The zero-order chi connectivity index (χ0) is 35.6. The van der Waals surface area contributed by atoms with Gasteiger partial charge in [0.15, 0.2) is 11.3 Å². The van der Waals surface area contributed by atoms with Crippen LogP contribution in [0.1, 0.15) is 52.3 Å². The van der Waals surface area contributed by atoms with Crippen LogP contribution in [0.15, 0.2) is 38.5 Å². The summed E-state index contributed by atoms with van der Waals surface area (Å²) in [6, 6.07) is 5.73. The molecule has 4 saturated heterocycles. The summed E-state index contributed by atoms with van der Waals surface area (Å²) in [6.07, 6.45) is 2.25. The maximum atomic E-state index is 13.4. The lowest BCUT2D eigenvalue weighted by atomic mass is 9.97. The van der Waals surface area contributed by atoms with E-state index in [1.807, 2.05) is 20.8 Å². The van der Waals surface area contributed by atoms with Gasteiger partial charge in [-0.15, -0.1) is 0 Å². The second-order valence-corrected chi connectivity index (χ2v) is 18.2. The molecule has 0 spiro atoms. The van der Waals surface area contributed by atoms with Crippen molar-refractivity contribution >= 4 is 71.8 Å². The van der Waals surface area contributed by atoms with Gasteiger partial charge in [-0.1, -0.05) is 44.0 Å². The number of halogens is 2. The summed E-state index contributed by atoms with van der Waals surface area (Å²) in [4.78, 5) is 31.1. The van der Waals surface area contributed by atoms with Gasteiger partial charge in [0.2, 0.25) is 37.8 Å². The lowest BCUT2D eigenvalue weighted by Crippen LogP contribution is -2.53. The third-order valence-electron chi connectivity index (χ3n) is 9.33. The fraction of sp³-hybridized carbons (Fsp3) is 0.516. The molecule has 2 atom stereocenters. The normalized spacial score (nSPS) is 22.3. The molecule has 0 radical (unpaired) electrons. The number of nitrogens with zero attached hydrogens (tertiary/aromatic N) is 5. The maximum Gasteiger partial charge on any atom is 0.248 e. The first-order valence-electron chi connectivity index (χ1n) is 15.9. The average molecular weight is 758 g/mol. The highest BCUT2D eigenvalue weighted by Crippen LogP contribution is 2.39. The number of amides is 2. The zero-order valence-corrected chi connectivity index (χ0v) is 30.4. The van der Waals surface area contributed by atoms with E-state index in [4.69, 9.17) is 33.4 Å². The number of aromatic hydroxyl groups is 1. The molecule has 2 aromatic carbocycles. The minimum atomic E-state index is -3.97. The molecular formula is C31H38Cl2N6O8S2. The number of carbonyl (C=O) groups excluding carboxylic acids is 2. The number of nitrogen functional groups attached to an aromatic ring is 1. The van der Waals surface area contributed by atoms with Crippen molar-refractivity contribution < 1.29 is 35.9 Å². The van der Waals surface area contributed by atoms with Crippen molar-refractivity contribution in [2.24, 2.45) is 0 Å². The van der Waals surface area contributed by atoms with Gasteiger partial charge in [-0.2, -0.15) is 8.61 Å². The van der Waals surface area contributed by atoms with E-state index in [1.165, 1.54) is 20.7 Å². The van der Waals surface area contributed by atoms with E-state index in [-0.39, 0.29) is 86.6 Å². The Morgan fingerprint density at radius 3 is 1.84 bits per heavy atom. The highest BCUT2D eigenvalue weighted by atomic mass is 35.5. The quantitative estimate of drug-likeness (QED) is 0.295. The van der Waals surface area contributed by atoms with Crippen molar-refractivity contribution in [3.05, 3.63) is 40.2 Å². The van der Waals surface area contributed by atoms with E-state index in [1.54, 1.807) is 21.9 Å². The van der Waals surface area contributed by atoms with E-state index in [0.29, 0.717) is 50.2 Å². The lowest BCUT2D eigenvalue weighted by molar-refractivity contribution is -0.130. The van der Waals surface area contributed by atoms with Crippen LogP contribution in [0.4, 0.5) is 5.69 Å². The zero-order valence-electron chi connectivity index (χ0n) is 27.2. The van der Waals surface area contributed by atoms with Crippen LogP contribution in [0.3, 0.4) is 0 Å². The first-order valence-corrected chi connectivity index (χ1v) is 19.5.